The summed E-state index contributed by atoms with van der Waals surface area (Å²) in [5.41, 5.74) is 0.334. The van der Waals surface area contributed by atoms with Gasteiger partial charge in [0.15, 0.2) is 5.82 Å². The van der Waals surface area contributed by atoms with Gasteiger partial charge in [0.25, 0.3) is 0 Å². The van der Waals surface area contributed by atoms with E-state index in [9.17, 15) is 8.78 Å². The van der Waals surface area contributed by atoms with E-state index >= 15 is 0 Å². The predicted octanol–water partition coefficient (Wildman–Crippen LogP) is 2.87. The molecule has 1 aromatic carbocycles. The second-order valence-electron chi connectivity index (χ2n) is 3.86. The van der Waals surface area contributed by atoms with E-state index in [2.05, 4.69) is 15.2 Å². The number of hydrogen-bond acceptors (Lipinski definition) is 2. The normalized spacial score (nSPS) is 11.1. The van der Waals surface area contributed by atoms with Crippen LogP contribution in [0.5, 0.6) is 0 Å². The van der Waals surface area contributed by atoms with Crippen LogP contribution >= 0.6 is 0 Å². The third-order valence-electron chi connectivity index (χ3n) is 2.17. The van der Waals surface area contributed by atoms with Crippen molar-refractivity contribution in [2.24, 2.45) is 0 Å². The van der Waals surface area contributed by atoms with Crippen LogP contribution in [0.25, 0.3) is 11.4 Å². The van der Waals surface area contributed by atoms with Crippen LogP contribution in [-0.4, -0.2) is 15.2 Å². The number of benzene rings is 1. The standard InChI is InChI=1S/C11H11F2N3/c1-6(2)10-14-11(16-15-10)7-3-8(12)5-9(13)4-7/h3-6H,1-2H3,(H,14,15,16). The van der Waals surface area contributed by atoms with E-state index in [0.717, 1.165) is 6.07 Å². The molecular formula is C11H11F2N3. The van der Waals surface area contributed by atoms with E-state index in [1.807, 2.05) is 13.8 Å². The smallest absolute Gasteiger partial charge is 0.181 e. The molecule has 0 fully saturated rings. The fraction of sp³-hybridized carbons (Fsp3) is 0.273. The van der Waals surface area contributed by atoms with E-state index < -0.39 is 11.6 Å². The zero-order chi connectivity index (χ0) is 11.7. The first-order valence-corrected chi connectivity index (χ1v) is 4.95. The fourth-order valence-electron chi connectivity index (χ4n) is 1.34. The molecule has 0 spiro atoms. The quantitative estimate of drug-likeness (QED) is 0.850. The number of nitrogens with one attached hydrogen (secondary N) is 1. The van der Waals surface area contributed by atoms with Gasteiger partial charge < -0.3 is 0 Å². The largest absolute Gasteiger partial charge is 0.262 e. The van der Waals surface area contributed by atoms with Crippen molar-refractivity contribution < 1.29 is 8.78 Å². The molecule has 0 amide bonds. The average Bonchev–Trinajstić information content (AvgIpc) is 2.64. The van der Waals surface area contributed by atoms with Crippen molar-refractivity contribution in [1.82, 2.24) is 15.2 Å². The lowest BCUT2D eigenvalue weighted by molar-refractivity contribution is 0.584. The molecule has 0 aliphatic rings. The lowest BCUT2D eigenvalue weighted by Gasteiger charge is -1.97. The topological polar surface area (TPSA) is 41.6 Å². The molecule has 0 saturated heterocycles. The van der Waals surface area contributed by atoms with Gasteiger partial charge in [-0.2, -0.15) is 5.10 Å². The third-order valence-corrected chi connectivity index (χ3v) is 2.17. The van der Waals surface area contributed by atoms with Crippen molar-refractivity contribution in [3.05, 3.63) is 35.7 Å². The molecule has 3 nitrogen and oxygen atoms in total. The highest BCUT2D eigenvalue weighted by Gasteiger charge is 2.10. The minimum Gasteiger partial charge on any atom is -0.262 e. The second-order valence-corrected chi connectivity index (χ2v) is 3.86. The van der Waals surface area contributed by atoms with Crippen LogP contribution in [0.2, 0.25) is 0 Å². The Balaban J connectivity index is 2.42. The Morgan fingerprint density at radius 2 is 1.75 bits per heavy atom. The molecule has 16 heavy (non-hydrogen) atoms. The van der Waals surface area contributed by atoms with Crippen LogP contribution in [0, 0.1) is 11.6 Å². The minimum atomic E-state index is -0.633. The van der Waals surface area contributed by atoms with Crippen molar-refractivity contribution in [3.63, 3.8) is 0 Å². The molecule has 0 aliphatic heterocycles. The highest BCUT2D eigenvalue weighted by Crippen LogP contribution is 2.19. The van der Waals surface area contributed by atoms with Crippen molar-refractivity contribution >= 4 is 0 Å². The molecule has 1 N–H and O–H groups in total. The summed E-state index contributed by atoms with van der Waals surface area (Å²) in [4.78, 5) is 4.16. The molecule has 0 atom stereocenters. The van der Waals surface area contributed by atoms with Gasteiger partial charge in [-0.3, -0.25) is 5.10 Å². The fourth-order valence-corrected chi connectivity index (χ4v) is 1.34. The average molecular weight is 223 g/mol. The Labute approximate surface area is 91.5 Å². The van der Waals surface area contributed by atoms with Crippen LogP contribution in [0.15, 0.2) is 18.2 Å². The maximum Gasteiger partial charge on any atom is 0.181 e. The van der Waals surface area contributed by atoms with Gasteiger partial charge in [-0.05, 0) is 12.1 Å². The molecule has 0 unspecified atom stereocenters. The zero-order valence-electron chi connectivity index (χ0n) is 8.96. The molecule has 2 rings (SSSR count). The number of halogens is 2. The molecule has 1 aromatic heterocycles. The molecule has 0 bridgehead atoms. The van der Waals surface area contributed by atoms with Crippen LogP contribution < -0.4 is 0 Å². The first-order valence-electron chi connectivity index (χ1n) is 4.95. The lowest BCUT2D eigenvalue weighted by atomic mass is 10.2. The summed E-state index contributed by atoms with van der Waals surface area (Å²) < 4.78 is 25.9. The van der Waals surface area contributed by atoms with Crippen LogP contribution in [0.3, 0.4) is 0 Å². The Kier molecular flexibility index (Phi) is 2.68. The van der Waals surface area contributed by atoms with E-state index in [-0.39, 0.29) is 5.92 Å². The van der Waals surface area contributed by atoms with Crippen molar-refractivity contribution in [1.29, 1.82) is 0 Å². The molecule has 0 aliphatic carbocycles. The Bertz CT molecular complexity index is 485. The second kappa shape index (κ2) is 4.00. The SMILES string of the molecule is CC(C)c1nc(-c2cc(F)cc(F)c2)n[nH]1. The first kappa shape index (κ1) is 10.7. The molecule has 1 heterocycles. The summed E-state index contributed by atoms with van der Waals surface area (Å²) in [7, 11) is 0. The Hall–Kier alpha value is -1.78. The molecular weight excluding hydrogens is 212 g/mol. The van der Waals surface area contributed by atoms with Gasteiger partial charge in [0.1, 0.15) is 17.5 Å². The molecule has 5 heteroatoms. The number of aromatic amines is 1. The van der Waals surface area contributed by atoms with Gasteiger partial charge in [0.05, 0.1) is 0 Å². The number of H-pyrrole nitrogens is 1. The number of aromatic nitrogens is 3. The number of rotatable bonds is 2. The van der Waals surface area contributed by atoms with Gasteiger partial charge in [-0.25, -0.2) is 13.8 Å². The van der Waals surface area contributed by atoms with Crippen LogP contribution in [0.4, 0.5) is 8.78 Å². The minimum absolute atomic E-state index is 0.194. The zero-order valence-corrected chi connectivity index (χ0v) is 8.96. The monoisotopic (exact) mass is 223 g/mol. The summed E-state index contributed by atoms with van der Waals surface area (Å²) in [6.45, 7) is 3.91. The molecule has 0 saturated carbocycles. The Morgan fingerprint density at radius 1 is 1.12 bits per heavy atom. The van der Waals surface area contributed by atoms with Gasteiger partial charge in [-0.1, -0.05) is 13.8 Å². The summed E-state index contributed by atoms with van der Waals surface area (Å²) in [6, 6.07) is 3.23. The highest BCUT2D eigenvalue weighted by molar-refractivity contribution is 5.54. The molecule has 2 aromatic rings. The summed E-state index contributed by atoms with van der Waals surface area (Å²) >= 11 is 0. The van der Waals surface area contributed by atoms with Gasteiger partial charge in [-0.15, -0.1) is 0 Å². The Morgan fingerprint density at radius 3 is 2.25 bits per heavy atom. The first-order chi connectivity index (χ1) is 7.56. The van der Waals surface area contributed by atoms with Crippen molar-refractivity contribution in [2.45, 2.75) is 19.8 Å². The van der Waals surface area contributed by atoms with Crippen LogP contribution in [-0.2, 0) is 0 Å². The van der Waals surface area contributed by atoms with E-state index in [4.69, 9.17) is 0 Å². The highest BCUT2D eigenvalue weighted by atomic mass is 19.1. The van der Waals surface area contributed by atoms with Gasteiger partial charge in [0, 0.05) is 17.5 Å². The predicted molar refractivity (Wildman–Crippen MR) is 55.8 cm³/mol. The van der Waals surface area contributed by atoms with Crippen LogP contribution in [0.1, 0.15) is 25.6 Å². The maximum atomic E-state index is 13.0. The summed E-state index contributed by atoms with van der Waals surface area (Å²) in [5, 5.41) is 6.66. The van der Waals surface area contributed by atoms with E-state index in [0.29, 0.717) is 17.2 Å². The maximum absolute atomic E-state index is 13.0. The van der Waals surface area contributed by atoms with E-state index in [1.165, 1.54) is 12.1 Å². The van der Waals surface area contributed by atoms with Gasteiger partial charge in [0.2, 0.25) is 0 Å². The third kappa shape index (κ3) is 2.08. The van der Waals surface area contributed by atoms with Gasteiger partial charge >= 0.3 is 0 Å². The summed E-state index contributed by atoms with van der Waals surface area (Å²) in [6.07, 6.45) is 0. The molecule has 84 valence electrons. The van der Waals surface area contributed by atoms with E-state index in [1.54, 1.807) is 0 Å². The number of hydrogen-bond donors (Lipinski definition) is 1. The van der Waals surface area contributed by atoms with Crippen molar-refractivity contribution in [3.8, 4) is 11.4 Å². The van der Waals surface area contributed by atoms with Crippen molar-refractivity contribution in [2.75, 3.05) is 0 Å². The summed E-state index contributed by atoms with van der Waals surface area (Å²) in [5.74, 6) is -0.0711. The number of nitrogens with zero attached hydrogens (tertiary/aromatic N) is 2. The molecule has 0 radical (unpaired) electrons. The lowest BCUT2D eigenvalue weighted by Crippen LogP contribution is -1.89.